The first-order valence-electron chi connectivity index (χ1n) is 27.6. The van der Waals surface area contributed by atoms with Crippen molar-refractivity contribution in [1.29, 1.82) is 0 Å². The molecule has 2 heterocycles. The Hall–Kier alpha value is -7.00. The number of allylic oxidation sites excluding steroid dienone is 7. The van der Waals surface area contributed by atoms with Crippen LogP contribution in [-0.4, -0.2) is 49.1 Å². The summed E-state index contributed by atoms with van der Waals surface area (Å²) in [6.45, 7) is 24.2. The van der Waals surface area contributed by atoms with Crippen LogP contribution >= 0.6 is 0 Å². The number of likely N-dealkylation sites (N-methyl/N-ethyl adjacent to an activating group) is 1. The van der Waals surface area contributed by atoms with E-state index < -0.39 is 10.1 Å². The van der Waals surface area contributed by atoms with Crippen LogP contribution in [0.25, 0.3) is 21.5 Å². The van der Waals surface area contributed by atoms with Crippen LogP contribution in [-0.2, 0) is 33.8 Å². The van der Waals surface area contributed by atoms with Gasteiger partial charge in [-0.2, -0.15) is 4.58 Å². The number of nitrogens with zero attached hydrogens (tertiary/aromatic N) is 2. The van der Waals surface area contributed by atoms with Gasteiger partial charge < -0.3 is 19.3 Å². The molecule has 0 aromatic heterocycles. The zero-order valence-corrected chi connectivity index (χ0v) is 48.7. The van der Waals surface area contributed by atoms with Gasteiger partial charge in [-0.05, 0) is 180 Å². The number of hydrogen-bond donors (Lipinski definition) is 1. The second-order valence-electron chi connectivity index (χ2n) is 21.1. The third kappa shape index (κ3) is 12.6. The first-order valence-corrected chi connectivity index (χ1v) is 29.0. The van der Waals surface area contributed by atoms with E-state index in [2.05, 4.69) is 180 Å². The minimum atomic E-state index is -4.27. The topological polar surface area (TPSA) is 92.9 Å². The molecule has 0 spiro atoms. The maximum Gasteiger partial charge on any atom is 0.210 e. The van der Waals surface area contributed by atoms with Gasteiger partial charge in [-0.3, -0.25) is 0 Å². The van der Waals surface area contributed by atoms with Gasteiger partial charge in [0.25, 0.3) is 0 Å². The van der Waals surface area contributed by atoms with E-state index in [1.54, 1.807) is 12.1 Å². The summed E-state index contributed by atoms with van der Waals surface area (Å²) in [6, 6.07) is 45.0. The summed E-state index contributed by atoms with van der Waals surface area (Å²) < 4.78 is 40.3. The SMILES string of the molecule is CC.CC.CCc1cc(Cc2cc(C)cc(O)c2)cc(OCCC2=C(/C=C/C3=[N+](C)c4ccc5ccccc5c4C3(C)C)CCC/C2=C\C=C2\N(C)c3ccc4ccccc4c3C2(C)C)c1.Cc1ccc(S(=O)(=O)[O-])cc1. The maximum absolute atomic E-state index is 10.4. The van der Waals surface area contributed by atoms with Gasteiger partial charge in [0.05, 0.1) is 16.9 Å². The molecule has 7 nitrogen and oxygen atoms in total. The Morgan fingerprint density at radius 1 is 0.701 bits per heavy atom. The van der Waals surface area contributed by atoms with E-state index in [1.807, 2.05) is 53.7 Å². The average molecular weight is 1050 g/mol. The molecule has 8 heteroatoms. The summed E-state index contributed by atoms with van der Waals surface area (Å²) in [5.74, 6) is 1.22. The number of phenolic OH excluding ortho intramolecular Hbond substituents is 1. The lowest BCUT2D eigenvalue weighted by Gasteiger charge is -2.25. The lowest BCUT2D eigenvalue weighted by molar-refractivity contribution is -0.401. The molecule has 1 aliphatic carbocycles. The van der Waals surface area contributed by atoms with Crippen molar-refractivity contribution in [3.63, 3.8) is 0 Å². The number of hydrogen-bond acceptors (Lipinski definition) is 6. The number of aryl methyl sites for hydroxylation is 3. The Morgan fingerprint density at radius 3 is 1.97 bits per heavy atom. The Labute approximate surface area is 460 Å². The minimum absolute atomic E-state index is 0.153. The average Bonchev–Trinajstić information content (AvgIpc) is 3.93. The quantitative estimate of drug-likeness (QED) is 0.102. The summed E-state index contributed by atoms with van der Waals surface area (Å²) in [5, 5.41) is 15.5. The van der Waals surface area contributed by atoms with E-state index in [-0.39, 0.29) is 15.7 Å². The molecule has 77 heavy (non-hydrogen) atoms. The van der Waals surface area contributed by atoms with Crippen LogP contribution in [0.5, 0.6) is 11.5 Å². The van der Waals surface area contributed by atoms with E-state index in [1.165, 1.54) is 95.4 Å². The Kier molecular flexibility index (Phi) is 18.4. The van der Waals surface area contributed by atoms with Gasteiger partial charge in [0, 0.05) is 48.0 Å². The van der Waals surface area contributed by atoms with Gasteiger partial charge in [-0.25, -0.2) is 8.42 Å². The van der Waals surface area contributed by atoms with Crippen molar-refractivity contribution >= 4 is 48.7 Å². The zero-order valence-electron chi connectivity index (χ0n) is 47.8. The first kappa shape index (κ1) is 57.7. The molecule has 3 aliphatic rings. The van der Waals surface area contributed by atoms with Crippen LogP contribution in [0.1, 0.15) is 127 Å². The summed E-state index contributed by atoms with van der Waals surface area (Å²) in [5.41, 5.74) is 17.5. The van der Waals surface area contributed by atoms with Crippen LogP contribution in [0.2, 0.25) is 0 Å². The van der Waals surface area contributed by atoms with E-state index in [4.69, 9.17) is 4.74 Å². The Morgan fingerprint density at radius 2 is 1.32 bits per heavy atom. The van der Waals surface area contributed by atoms with Gasteiger partial charge in [0.2, 0.25) is 5.69 Å². The molecular weight excluding hydrogens is 969 g/mol. The molecule has 10 rings (SSSR count). The van der Waals surface area contributed by atoms with Gasteiger partial charge in [0.1, 0.15) is 28.7 Å². The molecule has 0 amide bonds. The van der Waals surface area contributed by atoms with Crippen LogP contribution in [0.4, 0.5) is 11.4 Å². The van der Waals surface area contributed by atoms with Gasteiger partial charge in [-0.15, -0.1) is 0 Å². The standard InChI is InChI=1S/C58H60N2O2.C7H8O3S.2C2H6/c1-9-39-33-41(34-40-31-38(2)32-46(61)35-40)37-47(36-39)62-30-29-48-42(23-27-53-57(3,4)55-49-19-12-10-15-44(49)21-25-51(55)59(53)7)17-14-18-43(48)24-28-54-58(5,6)56-50-20-13-11-16-45(50)22-26-52(56)60(54)8;1-6-2-4-7(5-3-6)11(8,9)10;2*1-2/h10-13,15-16,19-28,31-33,35-37H,9,14,17-18,29-30,34H2,1-8H3;2-5H,1H3,(H,8,9,10);2*1-2H3. The predicted octanol–water partition coefficient (Wildman–Crippen LogP) is 16.9. The molecule has 1 N–H and O–H groups in total. The molecule has 402 valence electrons. The van der Waals surface area contributed by atoms with Crippen LogP contribution < -0.4 is 9.64 Å². The highest BCUT2D eigenvalue weighted by Crippen LogP contribution is 2.50. The lowest BCUT2D eigenvalue weighted by atomic mass is 9.78. The largest absolute Gasteiger partial charge is 0.744 e. The number of ether oxygens (including phenoxy) is 1. The summed E-state index contributed by atoms with van der Waals surface area (Å²) in [7, 11) is 0.185. The van der Waals surface area contributed by atoms with Crippen molar-refractivity contribution in [2.24, 2.45) is 0 Å². The van der Waals surface area contributed by atoms with Crippen LogP contribution in [0, 0.1) is 13.8 Å². The van der Waals surface area contributed by atoms with E-state index in [0.29, 0.717) is 12.4 Å². The molecule has 0 unspecified atom stereocenters. The maximum atomic E-state index is 10.4. The monoisotopic (exact) mass is 1050 g/mol. The molecule has 2 aliphatic heterocycles. The Balaban J connectivity index is 0.000000504. The predicted molar refractivity (Wildman–Crippen MR) is 323 cm³/mol. The smallest absolute Gasteiger partial charge is 0.210 e. The van der Waals surface area contributed by atoms with Crippen LogP contribution in [0.15, 0.2) is 185 Å². The minimum Gasteiger partial charge on any atom is -0.744 e. The molecule has 0 saturated heterocycles. The molecule has 7 aromatic carbocycles. The van der Waals surface area contributed by atoms with Crippen molar-refractivity contribution in [2.45, 2.75) is 130 Å². The van der Waals surface area contributed by atoms with Crippen molar-refractivity contribution in [2.75, 3.05) is 25.6 Å². The summed E-state index contributed by atoms with van der Waals surface area (Å²) in [6.07, 6.45) is 15.3. The zero-order chi connectivity index (χ0) is 55.8. The fourth-order valence-electron chi connectivity index (χ4n) is 11.7. The normalized spacial score (nSPS) is 16.5. The molecule has 0 atom stereocenters. The number of fused-ring (bicyclic) bond motifs is 6. The van der Waals surface area contributed by atoms with Crippen molar-refractivity contribution < 1.29 is 27.4 Å². The Bertz CT molecular complexity index is 3530. The molecule has 0 radical (unpaired) electrons. The van der Waals surface area contributed by atoms with Crippen molar-refractivity contribution in [1.82, 2.24) is 0 Å². The van der Waals surface area contributed by atoms with Gasteiger partial charge >= 0.3 is 0 Å². The van der Waals surface area contributed by atoms with Crippen molar-refractivity contribution in [3.8, 4) is 11.5 Å². The highest BCUT2D eigenvalue weighted by atomic mass is 32.2. The summed E-state index contributed by atoms with van der Waals surface area (Å²) in [4.78, 5) is 2.23. The lowest BCUT2D eigenvalue weighted by Crippen LogP contribution is -2.27. The number of benzene rings is 7. The van der Waals surface area contributed by atoms with Gasteiger partial charge in [0.15, 0.2) is 5.71 Å². The first-order chi connectivity index (χ1) is 36.8. The van der Waals surface area contributed by atoms with E-state index in [0.717, 1.165) is 61.0 Å². The number of aromatic hydroxyl groups is 1. The number of anilines is 1. The number of phenols is 1. The highest BCUT2D eigenvalue weighted by molar-refractivity contribution is 7.85. The molecule has 7 aromatic rings. The highest BCUT2D eigenvalue weighted by Gasteiger charge is 2.44. The third-order valence-electron chi connectivity index (χ3n) is 15.2. The number of rotatable bonds is 11. The van der Waals surface area contributed by atoms with Gasteiger partial charge in [-0.1, -0.05) is 145 Å². The fraction of sp³-hybridized carbons (Fsp3) is 0.319. The second-order valence-corrected chi connectivity index (χ2v) is 22.5. The van der Waals surface area contributed by atoms with Crippen molar-refractivity contribution in [3.05, 3.63) is 219 Å². The molecule has 0 saturated carbocycles. The van der Waals surface area contributed by atoms with Crippen LogP contribution in [0.3, 0.4) is 0 Å². The molecule has 0 bridgehead atoms. The summed E-state index contributed by atoms with van der Waals surface area (Å²) >= 11 is 0. The van der Waals surface area contributed by atoms with E-state index >= 15 is 0 Å². The third-order valence-corrected chi connectivity index (χ3v) is 16.1. The molecular formula is C69H80N2O5S. The second kappa shape index (κ2) is 24.6. The fourth-order valence-corrected chi connectivity index (χ4v) is 12.2. The molecule has 0 fully saturated rings. The van der Waals surface area contributed by atoms with E-state index in [9.17, 15) is 18.1 Å².